The molecule has 2 aliphatic heterocycles. The molecule has 2 aliphatic rings. The third kappa shape index (κ3) is 5.85. The lowest BCUT2D eigenvalue weighted by molar-refractivity contribution is -0.136. The van der Waals surface area contributed by atoms with Gasteiger partial charge in [0.1, 0.15) is 5.75 Å². The lowest BCUT2D eigenvalue weighted by atomic mass is 9.79. The Labute approximate surface area is 226 Å². The minimum Gasteiger partial charge on any atom is -0.508 e. The zero-order valence-electron chi connectivity index (χ0n) is 22.2. The molecule has 2 heterocycles. The van der Waals surface area contributed by atoms with E-state index in [0.29, 0.717) is 44.8 Å². The van der Waals surface area contributed by atoms with E-state index in [2.05, 4.69) is 11.8 Å². The molecule has 1 unspecified atom stereocenters. The maximum absolute atomic E-state index is 15.2. The quantitative estimate of drug-likeness (QED) is 0.393. The maximum atomic E-state index is 15.2. The first kappa shape index (κ1) is 28.3. The van der Waals surface area contributed by atoms with Crippen LogP contribution in [0.4, 0.5) is 13.2 Å². The van der Waals surface area contributed by atoms with E-state index in [-0.39, 0.29) is 37.1 Å². The van der Waals surface area contributed by atoms with Gasteiger partial charge in [0.2, 0.25) is 11.7 Å². The first-order valence-corrected chi connectivity index (χ1v) is 13.3. The number of nitrogens with zero attached hydrogens (tertiary/aromatic N) is 2. The fourth-order valence-corrected chi connectivity index (χ4v) is 5.75. The highest BCUT2D eigenvalue weighted by Crippen LogP contribution is 2.39. The topological polar surface area (TPSA) is 70.1 Å². The number of phenolic OH excluding ortho intramolecular Hbond substituents is 1. The molecular formula is C30H33F3N2O4. The van der Waals surface area contributed by atoms with Crippen molar-refractivity contribution in [2.24, 2.45) is 0 Å². The summed E-state index contributed by atoms with van der Waals surface area (Å²) in [6.07, 6.45) is 3.51. The summed E-state index contributed by atoms with van der Waals surface area (Å²) in [5, 5.41) is 9.62. The Morgan fingerprint density at radius 3 is 2.49 bits per heavy atom. The molecule has 2 aromatic rings. The van der Waals surface area contributed by atoms with Crippen LogP contribution in [0.25, 0.3) is 0 Å². The van der Waals surface area contributed by atoms with E-state index in [0.717, 1.165) is 12.0 Å². The Kier molecular flexibility index (Phi) is 8.73. The van der Waals surface area contributed by atoms with Crippen molar-refractivity contribution in [3.05, 3.63) is 58.9 Å². The largest absolute Gasteiger partial charge is 0.508 e. The third-order valence-corrected chi connectivity index (χ3v) is 7.63. The van der Waals surface area contributed by atoms with Crippen molar-refractivity contribution < 1.29 is 32.6 Å². The molecule has 6 nitrogen and oxygen atoms in total. The van der Waals surface area contributed by atoms with E-state index in [4.69, 9.17) is 4.74 Å². The van der Waals surface area contributed by atoms with Crippen LogP contribution in [0.5, 0.6) is 11.5 Å². The van der Waals surface area contributed by atoms with Gasteiger partial charge in [0.15, 0.2) is 17.4 Å². The minimum absolute atomic E-state index is 0.0941. The average molecular weight is 543 g/mol. The zero-order valence-corrected chi connectivity index (χ0v) is 22.2. The average Bonchev–Trinajstić information content (AvgIpc) is 2.93. The number of amides is 2. The molecule has 2 fully saturated rings. The van der Waals surface area contributed by atoms with E-state index < -0.39 is 40.2 Å². The number of rotatable bonds is 6. The number of halogens is 3. The lowest BCUT2D eigenvalue weighted by Gasteiger charge is -2.52. The van der Waals surface area contributed by atoms with E-state index in [1.54, 1.807) is 41.0 Å². The number of hydrogen-bond acceptors (Lipinski definition) is 4. The van der Waals surface area contributed by atoms with Gasteiger partial charge >= 0.3 is 0 Å². The van der Waals surface area contributed by atoms with Crippen molar-refractivity contribution >= 4 is 11.8 Å². The molecule has 0 aromatic heterocycles. The van der Waals surface area contributed by atoms with Crippen LogP contribution in [0, 0.1) is 29.3 Å². The second kappa shape index (κ2) is 12.0. The highest BCUT2D eigenvalue weighted by atomic mass is 19.2. The highest BCUT2D eigenvalue weighted by Gasteiger charge is 2.46. The summed E-state index contributed by atoms with van der Waals surface area (Å²) in [5.74, 6) is -0.0847. The number of hydrogen-bond donors (Lipinski definition) is 1. The molecule has 0 radical (unpaired) electrons. The molecule has 208 valence electrons. The molecular weight excluding hydrogens is 509 g/mol. The number of aromatic hydroxyl groups is 1. The second-order valence-corrected chi connectivity index (χ2v) is 10.1. The van der Waals surface area contributed by atoms with Crippen molar-refractivity contribution in [3.63, 3.8) is 0 Å². The van der Waals surface area contributed by atoms with Gasteiger partial charge in [-0.15, -0.1) is 5.92 Å². The molecule has 2 amide bonds. The molecule has 2 aromatic carbocycles. The summed E-state index contributed by atoms with van der Waals surface area (Å²) in [5.41, 5.74) is -0.500. The van der Waals surface area contributed by atoms with Crippen LogP contribution in [0.2, 0.25) is 0 Å². The lowest BCUT2D eigenvalue weighted by Crippen LogP contribution is -2.63. The van der Waals surface area contributed by atoms with Crippen LogP contribution >= 0.6 is 0 Å². The van der Waals surface area contributed by atoms with Gasteiger partial charge in [-0.3, -0.25) is 9.59 Å². The SMILES string of the molecule is CC#C[C@H](CC(=O)N1CCCC2(CCCCN2C(=O)c2cc(F)c(F)c(OCC)c2F)C1)c1ccc(O)cc1. The molecule has 9 heteroatoms. The van der Waals surface area contributed by atoms with Crippen molar-refractivity contribution in [2.45, 2.75) is 63.8 Å². The smallest absolute Gasteiger partial charge is 0.257 e. The normalized spacial score (nSPS) is 19.8. The molecule has 39 heavy (non-hydrogen) atoms. The predicted octanol–water partition coefficient (Wildman–Crippen LogP) is 5.39. The van der Waals surface area contributed by atoms with Crippen LogP contribution in [0.3, 0.4) is 0 Å². The maximum Gasteiger partial charge on any atom is 0.257 e. The fourth-order valence-electron chi connectivity index (χ4n) is 5.75. The summed E-state index contributed by atoms with van der Waals surface area (Å²) in [6.45, 7) is 4.22. The Morgan fingerprint density at radius 1 is 1.08 bits per heavy atom. The predicted molar refractivity (Wildman–Crippen MR) is 140 cm³/mol. The van der Waals surface area contributed by atoms with E-state index in [1.165, 1.54) is 6.92 Å². The summed E-state index contributed by atoms with van der Waals surface area (Å²) >= 11 is 0. The summed E-state index contributed by atoms with van der Waals surface area (Å²) in [7, 11) is 0. The molecule has 0 saturated carbocycles. The number of benzene rings is 2. The number of ether oxygens (including phenoxy) is 1. The van der Waals surface area contributed by atoms with Crippen molar-refractivity contribution in [2.75, 3.05) is 26.2 Å². The van der Waals surface area contributed by atoms with Gasteiger partial charge in [-0.25, -0.2) is 8.78 Å². The Bertz CT molecular complexity index is 1280. The first-order valence-electron chi connectivity index (χ1n) is 13.3. The summed E-state index contributed by atoms with van der Waals surface area (Å²) in [4.78, 5) is 30.4. The third-order valence-electron chi connectivity index (χ3n) is 7.63. The molecule has 1 spiro atoms. The Hall–Kier alpha value is -3.67. The Morgan fingerprint density at radius 2 is 1.79 bits per heavy atom. The van der Waals surface area contributed by atoms with Gasteiger partial charge in [0, 0.05) is 26.1 Å². The number of likely N-dealkylation sites (tertiary alicyclic amines) is 2. The molecule has 2 saturated heterocycles. The number of carbonyl (C=O) groups is 2. The molecule has 0 bridgehead atoms. The zero-order chi connectivity index (χ0) is 28.2. The second-order valence-electron chi connectivity index (χ2n) is 10.1. The molecule has 2 atom stereocenters. The van der Waals surface area contributed by atoms with E-state index >= 15 is 4.39 Å². The van der Waals surface area contributed by atoms with Gasteiger partial charge in [0.25, 0.3) is 5.91 Å². The van der Waals surface area contributed by atoms with Gasteiger partial charge in [-0.05, 0) is 69.7 Å². The minimum atomic E-state index is -1.47. The monoisotopic (exact) mass is 542 g/mol. The van der Waals surface area contributed by atoms with Crippen LogP contribution in [-0.2, 0) is 4.79 Å². The number of carbonyl (C=O) groups excluding carboxylic acids is 2. The Balaban J connectivity index is 1.59. The van der Waals surface area contributed by atoms with Gasteiger partial charge < -0.3 is 19.6 Å². The van der Waals surface area contributed by atoms with Crippen LogP contribution < -0.4 is 4.74 Å². The van der Waals surface area contributed by atoms with Gasteiger partial charge in [-0.1, -0.05) is 18.1 Å². The van der Waals surface area contributed by atoms with Crippen molar-refractivity contribution in [1.82, 2.24) is 9.80 Å². The molecule has 0 aliphatic carbocycles. The number of piperidine rings is 2. The van der Waals surface area contributed by atoms with Crippen LogP contribution in [-0.4, -0.2) is 58.5 Å². The summed E-state index contributed by atoms with van der Waals surface area (Å²) < 4.78 is 48.7. The van der Waals surface area contributed by atoms with Gasteiger partial charge in [-0.2, -0.15) is 4.39 Å². The highest BCUT2D eigenvalue weighted by molar-refractivity contribution is 5.95. The van der Waals surface area contributed by atoms with Gasteiger partial charge in [0.05, 0.1) is 23.6 Å². The van der Waals surface area contributed by atoms with E-state index in [9.17, 15) is 23.5 Å². The van der Waals surface area contributed by atoms with E-state index in [1.807, 2.05) is 0 Å². The van der Waals surface area contributed by atoms with Crippen molar-refractivity contribution in [1.29, 1.82) is 0 Å². The van der Waals surface area contributed by atoms with Crippen LogP contribution in [0.1, 0.15) is 74.2 Å². The van der Waals surface area contributed by atoms with Crippen molar-refractivity contribution in [3.8, 4) is 23.3 Å². The first-order chi connectivity index (χ1) is 18.7. The number of phenols is 1. The summed E-state index contributed by atoms with van der Waals surface area (Å²) in [6, 6.07) is 7.18. The fraction of sp³-hybridized carbons (Fsp3) is 0.467. The molecule has 4 rings (SSSR count). The molecule has 1 N–H and O–H groups in total. The van der Waals surface area contributed by atoms with Crippen LogP contribution in [0.15, 0.2) is 30.3 Å². The standard InChI is InChI=1S/C30H33F3N2O4/c1-3-8-21(20-9-11-22(36)12-10-20)17-25(37)34-15-7-14-30(19-34)13-5-6-16-35(30)29(38)23-18-24(31)27(33)28(26(23)32)39-4-2/h9-12,18,21,36H,4-7,13-17,19H2,1-2H3/t21-,30?/m1/s1.